The van der Waals surface area contributed by atoms with Gasteiger partial charge in [0, 0.05) is 18.8 Å². The normalized spacial score (nSPS) is 20.8. The predicted molar refractivity (Wildman–Crippen MR) is 83.4 cm³/mol. The smallest absolute Gasteiger partial charge is 0.245 e. The molecule has 2 heterocycles. The predicted octanol–water partition coefficient (Wildman–Crippen LogP) is 3.03. The molecule has 0 bridgehead atoms. The van der Waals surface area contributed by atoms with Crippen LogP contribution in [-0.4, -0.2) is 33.4 Å². The molecule has 1 atom stereocenters. The van der Waals surface area contributed by atoms with E-state index < -0.39 is 0 Å². The summed E-state index contributed by atoms with van der Waals surface area (Å²) in [6, 6.07) is -0.0996. The number of rotatable bonds is 2. The van der Waals surface area contributed by atoms with Crippen LogP contribution in [0.2, 0.25) is 0 Å². The molecule has 1 aliphatic heterocycles. The number of imidazole rings is 1. The van der Waals surface area contributed by atoms with E-state index in [1.54, 1.807) is 0 Å². The molecule has 21 heavy (non-hydrogen) atoms. The molecule has 0 radical (unpaired) electrons. The van der Waals surface area contributed by atoms with E-state index in [9.17, 15) is 4.79 Å². The fourth-order valence-corrected chi connectivity index (χ4v) is 3.88. The lowest BCUT2D eigenvalue weighted by Crippen LogP contribution is -2.37. The number of aromatic nitrogens is 2. The summed E-state index contributed by atoms with van der Waals surface area (Å²) >= 11 is 0. The first kappa shape index (κ1) is 14.6. The monoisotopic (exact) mass is 289 g/mol. The van der Waals surface area contributed by atoms with Crippen molar-refractivity contribution in [3.8, 4) is 0 Å². The van der Waals surface area contributed by atoms with Gasteiger partial charge in [0.15, 0.2) is 0 Å². The van der Waals surface area contributed by atoms with Gasteiger partial charge in [-0.3, -0.25) is 4.79 Å². The summed E-state index contributed by atoms with van der Waals surface area (Å²) in [6.07, 6.45) is 9.44. The molecule has 0 spiro atoms. The minimum Gasteiger partial charge on any atom is -0.341 e. The summed E-state index contributed by atoms with van der Waals surface area (Å²) < 4.78 is 2.21. The number of hydrogen-bond acceptors (Lipinski definition) is 2. The first-order chi connectivity index (χ1) is 10.2. The van der Waals surface area contributed by atoms with Crippen LogP contribution < -0.4 is 0 Å². The van der Waals surface area contributed by atoms with Crippen molar-refractivity contribution in [1.82, 2.24) is 14.5 Å². The van der Waals surface area contributed by atoms with Gasteiger partial charge in [-0.2, -0.15) is 0 Å². The van der Waals surface area contributed by atoms with Crippen LogP contribution in [0, 0.1) is 6.92 Å². The van der Waals surface area contributed by atoms with Crippen molar-refractivity contribution in [2.45, 2.75) is 71.3 Å². The minimum absolute atomic E-state index is 0.0996. The van der Waals surface area contributed by atoms with Crippen molar-refractivity contribution in [2.24, 2.45) is 0 Å². The standard InChI is InChI=1S/C17H27N3O/c1-13(17(21)19-11-7-3-4-8-12-19)20-14(2)18-15-9-5-6-10-16(15)20/h13H,3-12H2,1-2H3. The van der Waals surface area contributed by atoms with Crippen molar-refractivity contribution in [3.63, 3.8) is 0 Å². The molecule has 1 aliphatic carbocycles. The SMILES string of the molecule is Cc1nc2c(n1C(C)C(=O)N1CCCCCC1)CCCC2. The second-order valence-corrected chi connectivity index (χ2v) is 6.54. The highest BCUT2D eigenvalue weighted by molar-refractivity contribution is 5.80. The Morgan fingerprint density at radius 1 is 1.05 bits per heavy atom. The van der Waals surface area contributed by atoms with E-state index in [2.05, 4.69) is 16.4 Å². The maximum absolute atomic E-state index is 12.9. The van der Waals surface area contributed by atoms with Crippen molar-refractivity contribution in [2.75, 3.05) is 13.1 Å². The summed E-state index contributed by atoms with van der Waals surface area (Å²) in [4.78, 5) is 19.7. The summed E-state index contributed by atoms with van der Waals surface area (Å²) in [5.74, 6) is 1.29. The van der Waals surface area contributed by atoms with Crippen LogP contribution in [0.1, 0.15) is 68.7 Å². The molecular weight excluding hydrogens is 262 g/mol. The first-order valence-corrected chi connectivity index (χ1v) is 8.54. The number of carbonyl (C=O) groups excluding carboxylic acids is 1. The van der Waals surface area contributed by atoms with Crippen molar-refractivity contribution >= 4 is 5.91 Å². The zero-order valence-electron chi connectivity index (χ0n) is 13.4. The lowest BCUT2D eigenvalue weighted by Gasteiger charge is -2.27. The molecule has 4 heteroatoms. The second kappa shape index (κ2) is 6.20. The van der Waals surface area contributed by atoms with Gasteiger partial charge in [0.05, 0.1) is 5.69 Å². The third-order valence-corrected chi connectivity index (χ3v) is 5.01. The van der Waals surface area contributed by atoms with E-state index in [4.69, 9.17) is 4.98 Å². The van der Waals surface area contributed by atoms with E-state index in [1.165, 1.54) is 37.1 Å². The van der Waals surface area contributed by atoms with Gasteiger partial charge in [0.1, 0.15) is 11.9 Å². The Hall–Kier alpha value is -1.32. The average Bonchev–Trinajstić information content (AvgIpc) is 2.67. The molecule has 0 saturated carbocycles. The zero-order valence-corrected chi connectivity index (χ0v) is 13.4. The number of likely N-dealkylation sites (tertiary alicyclic amines) is 1. The molecule has 116 valence electrons. The Labute approximate surface area is 127 Å². The van der Waals surface area contributed by atoms with Crippen molar-refractivity contribution < 1.29 is 4.79 Å². The molecule has 4 nitrogen and oxygen atoms in total. The topological polar surface area (TPSA) is 38.1 Å². The van der Waals surface area contributed by atoms with Gasteiger partial charge in [-0.15, -0.1) is 0 Å². The lowest BCUT2D eigenvalue weighted by atomic mass is 10.0. The van der Waals surface area contributed by atoms with E-state index in [1.807, 2.05) is 6.92 Å². The number of fused-ring (bicyclic) bond motifs is 1. The molecule has 1 unspecified atom stereocenters. The third-order valence-electron chi connectivity index (χ3n) is 5.01. The Balaban J connectivity index is 1.82. The third kappa shape index (κ3) is 2.85. The highest BCUT2D eigenvalue weighted by Crippen LogP contribution is 2.26. The quantitative estimate of drug-likeness (QED) is 0.839. The average molecular weight is 289 g/mol. The maximum atomic E-state index is 12.9. The molecule has 1 aromatic heterocycles. The number of carbonyl (C=O) groups is 1. The number of nitrogens with zero attached hydrogens (tertiary/aromatic N) is 3. The molecule has 1 saturated heterocycles. The van der Waals surface area contributed by atoms with Crippen molar-refractivity contribution in [3.05, 3.63) is 17.2 Å². The summed E-state index contributed by atoms with van der Waals surface area (Å²) in [6.45, 7) is 5.96. The number of hydrogen-bond donors (Lipinski definition) is 0. The van der Waals surface area contributed by atoms with Gasteiger partial charge >= 0.3 is 0 Å². The second-order valence-electron chi connectivity index (χ2n) is 6.54. The Bertz CT molecular complexity index is 512. The van der Waals surface area contributed by atoms with Crippen LogP contribution in [-0.2, 0) is 17.6 Å². The number of amides is 1. The van der Waals surface area contributed by atoms with Crippen LogP contribution in [0.15, 0.2) is 0 Å². The summed E-state index contributed by atoms with van der Waals surface area (Å²) in [5.41, 5.74) is 2.55. The zero-order chi connectivity index (χ0) is 14.8. The summed E-state index contributed by atoms with van der Waals surface area (Å²) in [5, 5.41) is 0. The van der Waals surface area contributed by atoms with Crippen molar-refractivity contribution in [1.29, 1.82) is 0 Å². The van der Waals surface area contributed by atoms with E-state index in [0.717, 1.165) is 44.6 Å². The molecule has 3 rings (SSSR count). The molecular formula is C17H27N3O. The Kier molecular flexibility index (Phi) is 4.32. The fraction of sp³-hybridized carbons (Fsp3) is 0.765. The fourth-order valence-electron chi connectivity index (χ4n) is 3.88. The summed E-state index contributed by atoms with van der Waals surface area (Å²) in [7, 11) is 0. The van der Waals surface area contributed by atoms with Gasteiger partial charge in [-0.05, 0) is 52.4 Å². The van der Waals surface area contributed by atoms with Crippen LogP contribution in [0.25, 0.3) is 0 Å². The van der Waals surface area contributed by atoms with Crippen LogP contribution in [0.4, 0.5) is 0 Å². The molecule has 0 N–H and O–H groups in total. The van der Waals surface area contributed by atoms with Gasteiger partial charge < -0.3 is 9.47 Å². The Morgan fingerprint density at radius 3 is 2.43 bits per heavy atom. The highest BCUT2D eigenvalue weighted by Gasteiger charge is 2.28. The van der Waals surface area contributed by atoms with E-state index >= 15 is 0 Å². The van der Waals surface area contributed by atoms with Crippen LogP contribution >= 0.6 is 0 Å². The van der Waals surface area contributed by atoms with Gasteiger partial charge in [0.2, 0.25) is 5.91 Å². The molecule has 1 fully saturated rings. The van der Waals surface area contributed by atoms with Crippen LogP contribution in [0.5, 0.6) is 0 Å². The lowest BCUT2D eigenvalue weighted by molar-refractivity contribution is -0.134. The first-order valence-electron chi connectivity index (χ1n) is 8.54. The molecule has 1 aromatic rings. The maximum Gasteiger partial charge on any atom is 0.245 e. The van der Waals surface area contributed by atoms with Gasteiger partial charge in [-0.1, -0.05) is 12.8 Å². The highest BCUT2D eigenvalue weighted by atomic mass is 16.2. The van der Waals surface area contributed by atoms with E-state index in [0.29, 0.717) is 0 Å². The Morgan fingerprint density at radius 2 is 1.71 bits per heavy atom. The van der Waals surface area contributed by atoms with Gasteiger partial charge in [-0.25, -0.2) is 4.98 Å². The largest absolute Gasteiger partial charge is 0.341 e. The molecule has 2 aliphatic rings. The van der Waals surface area contributed by atoms with Crippen LogP contribution in [0.3, 0.4) is 0 Å². The number of aryl methyl sites for hydroxylation is 2. The van der Waals surface area contributed by atoms with E-state index in [-0.39, 0.29) is 11.9 Å². The van der Waals surface area contributed by atoms with Gasteiger partial charge in [0.25, 0.3) is 0 Å². The molecule has 0 aromatic carbocycles. The molecule has 1 amide bonds. The minimum atomic E-state index is -0.0996.